The van der Waals surface area contributed by atoms with Crippen molar-refractivity contribution in [2.45, 2.75) is 0 Å². The maximum absolute atomic E-state index is 9.73. The Morgan fingerprint density at radius 3 is 1.73 bits per heavy atom. The molecule has 0 aliphatic carbocycles. The molecule has 0 amide bonds. The molecule has 0 heterocycles. The highest BCUT2D eigenvalue weighted by Crippen LogP contribution is 2.33. The fourth-order valence-corrected chi connectivity index (χ4v) is 0.553. The molecule has 0 saturated heterocycles. The highest BCUT2D eigenvalue weighted by molar-refractivity contribution is 8.15. The normalized spacial score (nSPS) is 14.9. The fourth-order valence-electron chi connectivity index (χ4n) is 0.145. The maximum atomic E-state index is 9.73. The molecule has 8 nitrogen and oxygen atoms in total. The molecule has 0 aliphatic heterocycles. The van der Waals surface area contributed by atoms with Crippen molar-refractivity contribution < 1.29 is 35.0 Å². The summed E-state index contributed by atoms with van der Waals surface area (Å²) in [6.07, 6.45) is 0. The molecule has 0 radical (unpaired) electrons. The van der Waals surface area contributed by atoms with E-state index in [2.05, 4.69) is 8.37 Å². The second-order valence-corrected chi connectivity index (χ2v) is 3.51. The SMILES string of the molecule is O=S(=O)(O)OCOS(O)(O)O. The lowest BCUT2D eigenvalue weighted by Gasteiger charge is -2.16. The third-order valence-electron chi connectivity index (χ3n) is 0.403. The van der Waals surface area contributed by atoms with Gasteiger partial charge < -0.3 is 0 Å². The highest BCUT2D eigenvalue weighted by Gasteiger charge is 2.14. The average Bonchev–Trinajstić information content (AvgIpc) is 1.55. The standard InChI is InChI=1S/CH6O8S2/c2-10(3,4)8-1-9-11(5,6)7/h2-4H,1H2,(H,5,6,7). The van der Waals surface area contributed by atoms with Crippen molar-refractivity contribution in [3.05, 3.63) is 0 Å². The first-order valence-corrected chi connectivity index (χ1v) is 4.77. The van der Waals surface area contributed by atoms with E-state index in [-0.39, 0.29) is 0 Å². The van der Waals surface area contributed by atoms with Crippen molar-refractivity contribution in [1.29, 1.82) is 0 Å². The Labute approximate surface area is 64.1 Å². The van der Waals surface area contributed by atoms with Gasteiger partial charge >= 0.3 is 10.4 Å². The molecule has 70 valence electrons. The first-order chi connectivity index (χ1) is 4.71. The van der Waals surface area contributed by atoms with Gasteiger partial charge in [-0.25, -0.2) is 8.37 Å². The lowest BCUT2D eigenvalue weighted by molar-refractivity contribution is 0.0830. The van der Waals surface area contributed by atoms with Crippen molar-refractivity contribution in [3.8, 4) is 0 Å². The smallest absolute Gasteiger partial charge is 0.287 e. The second-order valence-electron chi connectivity index (χ2n) is 1.25. The van der Waals surface area contributed by atoms with E-state index in [1.54, 1.807) is 0 Å². The molecule has 0 spiro atoms. The molecule has 4 N–H and O–H groups in total. The van der Waals surface area contributed by atoms with Crippen LogP contribution in [0.4, 0.5) is 0 Å². The van der Waals surface area contributed by atoms with Crippen molar-refractivity contribution in [1.82, 2.24) is 0 Å². The summed E-state index contributed by atoms with van der Waals surface area (Å²) in [7, 11) is -4.69. The summed E-state index contributed by atoms with van der Waals surface area (Å²) < 4.78 is 58.5. The molecule has 0 aromatic heterocycles. The Balaban J connectivity index is 3.61. The quantitative estimate of drug-likeness (QED) is 0.374. The minimum atomic E-state index is -4.69. The molecule has 0 saturated carbocycles. The van der Waals surface area contributed by atoms with Gasteiger partial charge in [-0.05, 0) is 0 Å². The topological polar surface area (TPSA) is 134 Å². The molecule has 0 aromatic rings. The van der Waals surface area contributed by atoms with Gasteiger partial charge in [0.2, 0.25) is 11.2 Å². The zero-order valence-electron chi connectivity index (χ0n) is 4.95. The fraction of sp³-hybridized carbons (Fsp3) is 1.00. The Hall–Kier alpha value is 0.0600. The highest BCUT2D eigenvalue weighted by atomic mass is 32.3. The molecule has 0 aromatic carbocycles. The van der Waals surface area contributed by atoms with Crippen LogP contribution in [0.25, 0.3) is 0 Å². The number of hydrogen-bond acceptors (Lipinski definition) is 7. The summed E-state index contributed by atoms with van der Waals surface area (Å²) in [6.45, 7) is -1.18. The molecular formula is CH6O8S2. The van der Waals surface area contributed by atoms with E-state index in [9.17, 15) is 8.42 Å². The van der Waals surface area contributed by atoms with Gasteiger partial charge in [-0.3, -0.25) is 18.2 Å². The van der Waals surface area contributed by atoms with Gasteiger partial charge in [0.05, 0.1) is 0 Å². The second kappa shape index (κ2) is 3.64. The van der Waals surface area contributed by atoms with Crippen LogP contribution in [0.3, 0.4) is 0 Å². The number of rotatable bonds is 4. The number of hydrogen-bond donors (Lipinski definition) is 4. The van der Waals surface area contributed by atoms with E-state index in [0.717, 1.165) is 0 Å². The van der Waals surface area contributed by atoms with Crippen molar-refractivity contribution in [2.75, 3.05) is 6.79 Å². The van der Waals surface area contributed by atoms with Crippen molar-refractivity contribution in [2.24, 2.45) is 0 Å². The summed E-state index contributed by atoms with van der Waals surface area (Å²) >= 11 is -4.25. The molecule has 0 aliphatic rings. The average molecular weight is 210 g/mol. The Kier molecular flexibility index (Phi) is 3.66. The first kappa shape index (κ1) is 11.1. The molecule has 0 unspecified atom stereocenters. The van der Waals surface area contributed by atoms with E-state index >= 15 is 0 Å². The molecule has 11 heavy (non-hydrogen) atoms. The molecule has 10 heteroatoms. The predicted molar refractivity (Wildman–Crippen MR) is 34.1 cm³/mol. The molecule has 0 fully saturated rings. The maximum Gasteiger partial charge on any atom is 0.399 e. The summed E-state index contributed by atoms with van der Waals surface area (Å²) in [4.78, 5) is 0. The minimum Gasteiger partial charge on any atom is -0.287 e. The Morgan fingerprint density at radius 2 is 1.45 bits per heavy atom. The largest absolute Gasteiger partial charge is 0.399 e. The predicted octanol–water partition coefficient (Wildman–Crippen LogP) is -0.0815. The summed E-state index contributed by atoms with van der Waals surface area (Å²) in [5, 5.41) is 0. The van der Waals surface area contributed by atoms with Gasteiger partial charge in [0.1, 0.15) is 0 Å². The third kappa shape index (κ3) is 10.1. The van der Waals surface area contributed by atoms with E-state index in [1.165, 1.54) is 0 Å². The first-order valence-electron chi connectivity index (χ1n) is 1.97. The van der Waals surface area contributed by atoms with Crippen LogP contribution in [0.5, 0.6) is 0 Å². The summed E-state index contributed by atoms with van der Waals surface area (Å²) in [5.41, 5.74) is 0. The lowest BCUT2D eigenvalue weighted by atomic mass is 11.6. The van der Waals surface area contributed by atoms with Crippen LogP contribution in [0, 0.1) is 0 Å². The van der Waals surface area contributed by atoms with Gasteiger partial charge in [-0.1, -0.05) is 0 Å². The van der Waals surface area contributed by atoms with Crippen LogP contribution < -0.4 is 0 Å². The summed E-state index contributed by atoms with van der Waals surface area (Å²) in [5.74, 6) is 0. The Morgan fingerprint density at radius 1 is 1.00 bits per heavy atom. The van der Waals surface area contributed by atoms with Crippen LogP contribution in [-0.2, 0) is 18.8 Å². The monoisotopic (exact) mass is 210 g/mol. The Bertz CT molecular complexity index is 197. The zero-order valence-corrected chi connectivity index (χ0v) is 6.58. The molecule has 0 bridgehead atoms. The zero-order chi connectivity index (χ0) is 9.12. The van der Waals surface area contributed by atoms with Crippen LogP contribution in [0.1, 0.15) is 0 Å². The summed E-state index contributed by atoms with van der Waals surface area (Å²) in [6, 6.07) is 0. The minimum absolute atomic E-state index is 1.18. The van der Waals surface area contributed by atoms with Crippen LogP contribution in [0.15, 0.2) is 0 Å². The van der Waals surface area contributed by atoms with Crippen LogP contribution in [-0.4, -0.2) is 33.4 Å². The molecular weight excluding hydrogens is 204 g/mol. The van der Waals surface area contributed by atoms with Crippen LogP contribution in [0.2, 0.25) is 0 Å². The van der Waals surface area contributed by atoms with E-state index in [4.69, 9.17) is 18.2 Å². The molecule has 0 atom stereocenters. The van der Waals surface area contributed by atoms with Gasteiger partial charge in [0, 0.05) is 0 Å². The van der Waals surface area contributed by atoms with Crippen molar-refractivity contribution in [3.63, 3.8) is 0 Å². The van der Waals surface area contributed by atoms with E-state index in [0.29, 0.717) is 0 Å². The van der Waals surface area contributed by atoms with Gasteiger partial charge in [0.15, 0.2) is 6.79 Å². The van der Waals surface area contributed by atoms with Gasteiger partial charge in [-0.2, -0.15) is 8.42 Å². The molecule has 0 rings (SSSR count). The van der Waals surface area contributed by atoms with Crippen molar-refractivity contribution >= 4 is 21.6 Å². The van der Waals surface area contributed by atoms with E-state index in [1.807, 2.05) is 0 Å². The van der Waals surface area contributed by atoms with E-state index < -0.39 is 28.3 Å². The van der Waals surface area contributed by atoms with Gasteiger partial charge in [-0.15, -0.1) is 0 Å². The van der Waals surface area contributed by atoms with Gasteiger partial charge in [0.25, 0.3) is 0 Å². The lowest BCUT2D eigenvalue weighted by Crippen LogP contribution is -2.10. The van der Waals surface area contributed by atoms with Crippen LogP contribution >= 0.6 is 11.2 Å². The third-order valence-corrected chi connectivity index (χ3v) is 1.21.